The topological polar surface area (TPSA) is 265 Å². The van der Waals surface area contributed by atoms with Gasteiger partial charge in [0.25, 0.3) is 0 Å². The second-order valence-corrected chi connectivity index (χ2v) is 13.4. The molecule has 0 spiro atoms. The Hall–Kier alpha value is -2.86. The number of nitrogens with two attached hydrogens (primary N) is 1. The molecule has 17 heteroatoms. The van der Waals surface area contributed by atoms with E-state index in [1.54, 1.807) is 6.26 Å². The number of hydrogen-bond acceptors (Lipinski definition) is 15. The van der Waals surface area contributed by atoms with Crippen LogP contribution in [0.5, 0.6) is 0 Å². The van der Waals surface area contributed by atoms with Crippen LogP contribution in [0.15, 0.2) is 0 Å². The molecule has 2 rings (SSSR count). The average molecular weight is 797 g/mol. The second-order valence-electron chi connectivity index (χ2n) is 11.6. The molecule has 3 unspecified atom stereocenters. The van der Waals surface area contributed by atoms with Crippen molar-refractivity contribution in [3.8, 4) is 0 Å². The molecule has 0 saturated heterocycles. The third kappa shape index (κ3) is 40.2. The SMILES string of the molecule is C.C.C1CCC1.C1CCC1.CC(=O)[O-].CN.CNC(=O)CSCC(=O)CC(NC(CCC(=O)C(O)CC(=O)CCCNC(C)=O)C(=O)[O-])C(=O)CSC. The third-order valence-electron chi connectivity index (χ3n) is 7.05. The Labute approximate surface area is 325 Å². The molecule has 53 heavy (non-hydrogen) atoms. The summed E-state index contributed by atoms with van der Waals surface area (Å²) in [6, 6.07) is -2.58. The monoisotopic (exact) mass is 796 g/mol. The Morgan fingerprint density at radius 2 is 1.23 bits per heavy atom. The molecular formula is C36H68N4O11S2-2. The van der Waals surface area contributed by atoms with Crippen molar-refractivity contribution < 1.29 is 53.7 Å². The average Bonchev–Trinajstić information content (AvgIpc) is 2.99. The quantitative estimate of drug-likeness (QED) is 0.0947. The molecule has 2 aliphatic rings. The van der Waals surface area contributed by atoms with Crippen LogP contribution < -0.4 is 31.9 Å². The minimum Gasteiger partial charge on any atom is -0.550 e. The van der Waals surface area contributed by atoms with E-state index in [4.69, 9.17) is 9.90 Å². The summed E-state index contributed by atoms with van der Waals surface area (Å²) in [6.07, 6.45) is 11.0. The number of Topliss-reactive ketones (excluding diaryl/α,β-unsaturated/α-hetero) is 4. The van der Waals surface area contributed by atoms with Gasteiger partial charge >= 0.3 is 0 Å². The molecule has 0 aromatic rings. The number of ketones is 4. The summed E-state index contributed by atoms with van der Waals surface area (Å²) in [5.74, 6) is -5.01. The Morgan fingerprint density at radius 3 is 1.62 bits per heavy atom. The number of carboxylic acids is 2. The lowest BCUT2D eigenvalue weighted by Crippen LogP contribution is -2.53. The Balaban J connectivity index is -0.000000399. The fourth-order valence-corrected chi connectivity index (χ4v) is 4.83. The van der Waals surface area contributed by atoms with Crippen LogP contribution in [0.2, 0.25) is 0 Å². The van der Waals surface area contributed by atoms with E-state index in [-0.39, 0.29) is 81.3 Å². The van der Waals surface area contributed by atoms with E-state index in [9.17, 15) is 43.8 Å². The number of aliphatic hydroxyl groups is 1. The number of carbonyl (C=O) groups excluding carboxylic acids is 8. The highest BCUT2D eigenvalue weighted by molar-refractivity contribution is 8.00. The zero-order valence-electron chi connectivity index (χ0n) is 30.9. The zero-order valence-corrected chi connectivity index (χ0v) is 32.5. The highest BCUT2D eigenvalue weighted by atomic mass is 32.2. The van der Waals surface area contributed by atoms with Crippen LogP contribution in [0.25, 0.3) is 0 Å². The van der Waals surface area contributed by atoms with E-state index in [0.717, 1.165) is 18.7 Å². The van der Waals surface area contributed by atoms with Gasteiger partial charge in [-0.2, -0.15) is 11.8 Å². The summed E-state index contributed by atoms with van der Waals surface area (Å²) in [5.41, 5.74) is 4.50. The largest absolute Gasteiger partial charge is 0.550 e. The summed E-state index contributed by atoms with van der Waals surface area (Å²) >= 11 is 2.26. The normalized spacial score (nSPS) is 13.4. The van der Waals surface area contributed by atoms with Crippen molar-refractivity contribution in [3.05, 3.63) is 0 Å². The molecule has 0 radical (unpaired) electrons. The summed E-state index contributed by atoms with van der Waals surface area (Å²) < 4.78 is 0. The van der Waals surface area contributed by atoms with Crippen molar-refractivity contribution in [1.82, 2.24) is 16.0 Å². The minimum atomic E-state index is -1.61. The maximum atomic E-state index is 12.5. The summed E-state index contributed by atoms with van der Waals surface area (Å²) in [7, 11) is 2.96. The van der Waals surface area contributed by atoms with Crippen LogP contribution >= 0.6 is 23.5 Å². The fourth-order valence-electron chi connectivity index (χ4n) is 3.57. The van der Waals surface area contributed by atoms with Crippen LogP contribution in [-0.2, 0) is 38.4 Å². The minimum absolute atomic E-state index is 0. The molecule has 15 nitrogen and oxygen atoms in total. The lowest BCUT2D eigenvalue weighted by Gasteiger charge is -2.25. The number of carbonyl (C=O) groups is 8. The van der Waals surface area contributed by atoms with Crippen molar-refractivity contribution in [2.75, 3.05) is 44.2 Å². The van der Waals surface area contributed by atoms with Gasteiger partial charge in [-0.25, -0.2) is 0 Å². The van der Waals surface area contributed by atoms with E-state index in [1.165, 1.54) is 84.1 Å². The van der Waals surface area contributed by atoms with Gasteiger partial charge in [-0.05, 0) is 33.1 Å². The van der Waals surface area contributed by atoms with Gasteiger partial charge in [0.1, 0.15) is 17.7 Å². The molecule has 0 heterocycles. The van der Waals surface area contributed by atoms with Gasteiger partial charge in [0.2, 0.25) is 11.8 Å². The second kappa shape index (κ2) is 40.3. The lowest BCUT2D eigenvalue weighted by atomic mass is 9.99. The molecule has 0 bridgehead atoms. The first-order chi connectivity index (χ1) is 24.1. The van der Waals surface area contributed by atoms with Gasteiger partial charge in [-0.15, -0.1) is 11.8 Å². The molecule has 3 atom stereocenters. The Morgan fingerprint density at radius 1 is 0.736 bits per heavy atom. The Kier molecular flexibility index (Phi) is 45.2. The van der Waals surface area contributed by atoms with Gasteiger partial charge in [0.15, 0.2) is 11.6 Å². The first-order valence-electron chi connectivity index (χ1n) is 17.1. The summed E-state index contributed by atoms with van der Waals surface area (Å²) in [6.45, 7) is 2.60. The molecule has 2 saturated carbocycles. The van der Waals surface area contributed by atoms with E-state index >= 15 is 0 Å². The van der Waals surface area contributed by atoms with E-state index in [0.29, 0.717) is 6.42 Å². The van der Waals surface area contributed by atoms with Crippen LogP contribution in [0.1, 0.15) is 119 Å². The third-order valence-corrected chi connectivity index (χ3v) is 8.61. The summed E-state index contributed by atoms with van der Waals surface area (Å²) in [5, 5.41) is 38.1. The predicted molar refractivity (Wildman–Crippen MR) is 209 cm³/mol. The molecule has 0 aliphatic heterocycles. The molecule has 312 valence electrons. The standard InChI is InChI=1S/C23H37N3O9S2.2C4H8.C2H4O2.CH5N.2CH4/c1-14(27)25-8-4-5-15(28)10-20(31)19(30)7-6-17(23(34)35)26-18(21(32)12-36-3)9-16(29)11-37-13-22(33)24-2;2*1-2-4-3-1;1-2(3)4;1-2;;/h17-18,20,26,31H,4-13H2,1-3H3,(H,24,33)(H,25,27)(H,34,35);2*1-4H2;1H3,(H,3,4);2H2,1H3;2*1H4/p-2. The van der Waals surface area contributed by atoms with Crippen molar-refractivity contribution in [2.24, 2.45) is 5.73 Å². The lowest BCUT2D eigenvalue weighted by molar-refractivity contribution is -0.309. The molecule has 6 N–H and O–H groups in total. The van der Waals surface area contributed by atoms with E-state index < -0.39 is 54.5 Å². The van der Waals surface area contributed by atoms with E-state index in [1.807, 2.05) is 0 Å². The van der Waals surface area contributed by atoms with Crippen molar-refractivity contribution >= 4 is 70.4 Å². The molecule has 0 aromatic carbocycles. The van der Waals surface area contributed by atoms with Gasteiger partial charge in [0, 0.05) is 58.2 Å². The number of hydrogen-bond donors (Lipinski definition) is 5. The number of aliphatic carboxylic acids is 2. The number of rotatable bonds is 22. The first kappa shape index (κ1) is 59.4. The molecule has 2 fully saturated rings. The van der Waals surface area contributed by atoms with Gasteiger partial charge in [-0.1, -0.05) is 66.2 Å². The maximum absolute atomic E-state index is 12.5. The number of amides is 2. The molecule has 2 amide bonds. The van der Waals surface area contributed by atoms with Gasteiger partial charge in [-0.3, -0.25) is 34.1 Å². The Bertz CT molecular complexity index is 1020. The van der Waals surface area contributed by atoms with Crippen molar-refractivity contribution in [3.63, 3.8) is 0 Å². The molecular weight excluding hydrogens is 729 g/mol. The van der Waals surface area contributed by atoms with Gasteiger partial charge < -0.3 is 41.3 Å². The number of thioether (sulfide) groups is 2. The number of aliphatic hydroxyl groups excluding tert-OH is 1. The zero-order chi connectivity index (χ0) is 39.6. The van der Waals surface area contributed by atoms with Crippen LogP contribution in [0.4, 0.5) is 0 Å². The number of nitrogens with one attached hydrogen (secondary N) is 3. The highest BCUT2D eigenvalue weighted by Crippen LogP contribution is 2.15. The number of carboxylic acid groups (broad SMARTS) is 2. The van der Waals surface area contributed by atoms with Crippen molar-refractivity contribution in [2.45, 2.75) is 137 Å². The van der Waals surface area contributed by atoms with Crippen LogP contribution in [0.3, 0.4) is 0 Å². The van der Waals surface area contributed by atoms with E-state index in [2.05, 4.69) is 21.7 Å². The smallest absolute Gasteiger partial charge is 0.229 e. The highest BCUT2D eigenvalue weighted by Gasteiger charge is 2.27. The molecule has 2 aliphatic carbocycles. The predicted octanol–water partition coefficient (Wildman–Crippen LogP) is 0.743. The summed E-state index contributed by atoms with van der Waals surface area (Å²) in [4.78, 5) is 91.6. The first-order valence-corrected chi connectivity index (χ1v) is 19.7. The van der Waals surface area contributed by atoms with Crippen molar-refractivity contribution in [1.29, 1.82) is 0 Å². The van der Waals surface area contributed by atoms with Gasteiger partial charge in [0.05, 0.1) is 29.3 Å². The van der Waals surface area contributed by atoms with Crippen LogP contribution in [0, 0.1) is 0 Å². The fraction of sp³-hybridized carbons (Fsp3) is 0.778. The maximum Gasteiger partial charge on any atom is 0.229 e. The van der Waals surface area contributed by atoms with Crippen LogP contribution in [-0.4, -0.2) is 114 Å². The molecule has 0 aromatic heterocycles.